The highest BCUT2D eigenvalue weighted by Crippen LogP contribution is 2.28. The van der Waals surface area contributed by atoms with E-state index >= 15 is 0 Å². The average Bonchev–Trinajstić information content (AvgIpc) is 2.70. The van der Waals surface area contributed by atoms with Crippen molar-refractivity contribution in [3.05, 3.63) is 52.5 Å². The molecule has 0 amide bonds. The molecule has 2 aromatic rings. The van der Waals surface area contributed by atoms with E-state index < -0.39 is 0 Å². The molecule has 1 aromatic carbocycles. The second kappa shape index (κ2) is 6.14. The van der Waals surface area contributed by atoms with Crippen LogP contribution in [0, 0.1) is 20.8 Å². The van der Waals surface area contributed by atoms with Crippen LogP contribution in [0.5, 0.6) is 5.75 Å². The Kier molecular flexibility index (Phi) is 4.50. The average molecular weight is 273 g/mol. The molecule has 1 aromatic heterocycles. The van der Waals surface area contributed by atoms with Gasteiger partial charge in [-0.2, -0.15) is 0 Å². The highest BCUT2D eigenvalue weighted by atomic mass is 16.5. The highest BCUT2D eigenvalue weighted by Gasteiger charge is 2.17. The highest BCUT2D eigenvalue weighted by molar-refractivity contribution is 5.34. The summed E-state index contributed by atoms with van der Waals surface area (Å²) in [5.41, 5.74) is 9.95. The van der Waals surface area contributed by atoms with Gasteiger partial charge in [0.1, 0.15) is 17.3 Å². The smallest absolute Gasteiger partial charge is 0.118 e. The molecule has 0 aliphatic rings. The summed E-state index contributed by atoms with van der Waals surface area (Å²) < 4.78 is 10.8. The fourth-order valence-corrected chi connectivity index (χ4v) is 2.61. The predicted molar refractivity (Wildman–Crippen MR) is 81.2 cm³/mol. The first-order valence-electron chi connectivity index (χ1n) is 6.98. The molecule has 1 atom stereocenters. The molecular weight excluding hydrogens is 250 g/mol. The molecule has 3 nitrogen and oxygen atoms in total. The summed E-state index contributed by atoms with van der Waals surface area (Å²) in [5.74, 6) is 2.80. The Hall–Kier alpha value is -1.74. The molecule has 0 saturated heterocycles. The molecule has 0 spiro atoms. The number of ether oxygens (including phenoxy) is 1. The van der Waals surface area contributed by atoms with Gasteiger partial charge in [-0.25, -0.2) is 0 Å². The van der Waals surface area contributed by atoms with Crippen LogP contribution < -0.4 is 10.5 Å². The Morgan fingerprint density at radius 2 is 1.75 bits per heavy atom. The number of nitrogens with two attached hydrogens (primary N) is 1. The monoisotopic (exact) mass is 273 g/mol. The van der Waals surface area contributed by atoms with Gasteiger partial charge in [0.25, 0.3) is 0 Å². The van der Waals surface area contributed by atoms with E-state index in [1.54, 1.807) is 7.11 Å². The lowest BCUT2D eigenvalue weighted by molar-refractivity contribution is 0.414. The molecule has 1 heterocycles. The van der Waals surface area contributed by atoms with E-state index in [-0.39, 0.29) is 6.04 Å². The number of benzene rings is 1. The van der Waals surface area contributed by atoms with Crippen LogP contribution in [0.1, 0.15) is 40.7 Å². The lowest BCUT2D eigenvalue weighted by Gasteiger charge is -2.12. The van der Waals surface area contributed by atoms with Crippen LogP contribution in [-0.4, -0.2) is 7.11 Å². The number of hydrogen-bond acceptors (Lipinski definition) is 3. The standard InChI is InChI=1S/C17H23NO2/c1-11-12(2)20-13(3)17(11)16(18)10-7-14-5-8-15(19-4)9-6-14/h5-6,8-9,16H,7,10,18H2,1-4H3. The van der Waals surface area contributed by atoms with Crippen LogP contribution in [0.15, 0.2) is 28.7 Å². The zero-order valence-electron chi connectivity index (χ0n) is 12.7. The van der Waals surface area contributed by atoms with Gasteiger partial charge in [-0.15, -0.1) is 0 Å². The number of aryl methyl sites for hydroxylation is 3. The minimum absolute atomic E-state index is 0.0227. The largest absolute Gasteiger partial charge is 0.497 e. The molecule has 0 radical (unpaired) electrons. The Labute approximate surface area is 120 Å². The zero-order valence-corrected chi connectivity index (χ0v) is 12.7. The number of furan rings is 1. The number of methoxy groups -OCH3 is 1. The fourth-order valence-electron chi connectivity index (χ4n) is 2.61. The van der Waals surface area contributed by atoms with Crippen molar-refractivity contribution in [2.75, 3.05) is 7.11 Å². The van der Waals surface area contributed by atoms with Gasteiger partial charge in [0, 0.05) is 11.6 Å². The summed E-state index contributed by atoms with van der Waals surface area (Å²) in [6.07, 6.45) is 1.86. The molecule has 3 heteroatoms. The van der Waals surface area contributed by atoms with Crippen LogP contribution in [-0.2, 0) is 6.42 Å². The van der Waals surface area contributed by atoms with E-state index in [1.165, 1.54) is 11.1 Å². The maximum Gasteiger partial charge on any atom is 0.118 e. The third-order valence-corrected chi connectivity index (χ3v) is 3.89. The normalized spacial score (nSPS) is 12.4. The van der Waals surface area contributed by atoms with Gasteiger partial charge in [0.2, 0.25) is 0 Å². The van der Waals surface area contributed by atoms with Crippen LogP contribution in [0.2, 0.25) is 0 Å². The van der Waals surface area contributed by atoms with E-state index in [4.69, 9.17) is 14.9 Å². The third kappa shape index (κ3) is 3.05. The van der Waals surface area contributed by atoms with Crippen molar-refractivity contribution in [3.8, 4) is 5.75 Å². The Morgan fingerprint density at radius 1 is 1.10 bits per heavy atom. The van der Waals surface area contributed by atoms with Crippen molar-refractivity contribution in [3.63, 3.8) is 0 Å². The van der Waals surface area contributed by atoms with Crippen molar-refractivity contribution in [1.82, 2.24) is 0 Å². The van der Waals surface area contributed by atoms with Crippen LogP contribution in [0.3, 0.4) is 0 Å². The van der Waals surface area contributed by atoms with Crippen molar-refractivity contribution < 1.29 is 9.15 Å². The molecular formula is C17H23NO2. The van der Waals surface area contributed by atoms with E-state index in [0.717, 1.165) is 35.7 Å². The first-order chi connectivity index (χ1) is 9.52. The van der Waals surface area contributed by atoms with Crippen LogP contribution in [0.25, 0.3) is 0 Å². The van der Waals surface area contributed by atoms with Gasteiger partial charge in [0.05, 0.1) is 7.11 Å². The van der Waals surface area contributed by atoms with E-state index in [2.05, 4.69) is 19.1 Å². The Morgan fingerprint density at radius 3 is 2.25 bits per heavy atom. The zero-order chi connectivity index (χ0) is 14.7. The van der Waals surface area contributed by atoms with Crippen molar-refractivity contribution in [2.24, 2.45) is 5.73 Å². The summed E-state index contributed by atoms with van der Waals surface area (Å²) >= 11 is 0. The van der Waals surface area contributed by atoms with Gasteiger partial charge < -0.3 is 14.9 Å². The second-order valence-corrected chi connectivity index (χ2v) is 5.25. The summed E-state index contributed by atoms with van der Waals surface area (Å²) in [7, 11) is 1.68. The number of hydrogen-bond donors (Lipinski definition) is 1. The maximum atomic E-state index is 6.33. The number of rotatable bonds is 5. The van der Waals surface area contributed by atoms with Crippen LogP contribution >= 0.6 is 0 Å². The maximum absolute atomic E-state index is 6.33. The molecule has 108 valence electrons. The minimum atomic E-state index is 0.0227. The summed E-state index contributed by atoms with van der Waals surface area (Å²) in [6.45, 7) is 6.05. The molecule has 2 N–H and O–H groups in total. The first kappa shape index (κ1) is 14.7. The SMILES string of the molecule is COc1ccc(CCC(N)c2c(C)oc(C)c2C)cc1. The summed E-state index contributed by atoms with van der Waals surface area (Å²) in [4.78, 5) is 0. The minimum Gasteiger partial charge on any atom is -0.497 e. The second-order valence-electron chi connectivity index (χ2n) is 5.25. The fraction of sp³-hybridized carbons (Fsp3) is 0.412. The molecule has 0 bridgehead atoms. The predicted octanol–water partition coefficient (Wildman–Crippen LogP) is 3.85. The molecule has 20 heavy (non-hydrogen) atoms. The summed E-state index contributed by atoms with van der Waals surface area (Å²) in [5, 5.41) is 0. The van der Waals surface area contributed by atoms with Crippen LogP contribution in [0.4, 0.5) is 0 Å². The Bertz CT molecular complexity index is 569. The van der Waals surface area contributed by atoms with E-state index in [9.17, 15) is 0 Å². The van der Waals surface area contributed by atoms with Gasteiger partial charge in [0.15, 0.2) is 0 Å². The van der Waals surface area contributed by atoms with Crippen molar-refractivity contribution in [2.45, 2.75) is 39.7 Å². The third-order valence-electron chi connectivity index (χ3n) is 3.89. The molecule has 0 aliphatic carbocycles. The van der Waals surface area contributed by atoms with E-state index in [1.807, 2.05) is 26.0 Å². The quantitative estimate of drug-likeness (QED) is 0.900. The van der Waals surface area contributed by atoms with Gasteiger partial charge >= 0.3 is 0 Å². The van der Waals surface area contributed by atoms with Gasteiger partial charge in [-0.05, 0) is 56.9 Å². The molecule has 1 unspecified atom stereocenters. The first-order valence-corrected chi connectivity index (χ1v) is 6.98. The molecule has 2 rings (SSSR count). The molecule has 0 saturated carbocycles. The van der Waals surface area contributed by atoms with E-state index in [0.29, 0.717) is 0 Å². The molecule has 0 aliphatic heterocycles. The van der Waals surface area contributed by atoms with Gasteiger partial charge in [-0.3, -0.25) is 0 Å². The topological polar surface area (TPSA) is 48.4 Å². The summed E-state index contributed by atoms with van der Waals surface area (Å²) in [6, 6.07) is 8.17. The molecule has 0 fully saturated rings. The lowest BCUT2D eigenvalue weighted by atomic mass is 9.97. The van der Waals surface area contributed by atoms with Crippen molar-refractivity contribution in [1.29, 1.82) is 0 Å². The Balaban J connectivity index is 2.02. The lowest BCUT2D eigenvalue weighted by Crippen LogP contribution is -2.13. The van der Waals surface area contributed by atoms with Crippen molar-refractivity contribution >= 4 is 0 Å². The van der Waals surface area contributed by atoms with Gasteiger partial charge in [-0.1, -0.05) is 12.1 Å².